The molecule has 1 rings (SSSR count). The van der Waals surface area contributed by atoms with Crippen LogP contribution >= 0.6 is 50.7 Å². The Kier molecular flexibility index (Phi) is 6.07. The molecule has 0 N–H and O–H groups in total. The third kappa shape index (κ3) is 4.32. The molecule has 0 saturated carbocycles. The molecule has 1 aromatic carbocycles. The highest BCUT2D eigenvalue weighted by Gasteiger charge is 2.20. The van der Waals surface area contributed by atoms with E-state index in [1.807, 2.05) is 0 Å². The van der Waals surface area contributed by atoms with Gasteiger partial charge in [0.25, 0.3) is 0 Å². The van der Waals surface area contributed by atoms with Crippen LogP contribution in [-0.4, -0.2) is 17.4 Å². The van der Waals surface area contributed by atoms with Crippen LogP contribution in [0.2, 0.25) is 15.1 Å². The van der Waals surface area contributed by atoms with E-state index in [0.717, 1.165) is 0 Å². The molecule has 1 aromatic rings. The number of ether oxygens (including phenoxy) is 1. The Morgan fingerprint density at radius 2 is 1.88 bits per heavy atom. The average Bonchev–Trinajstić information content (AvgIpc) is 2.23. The lowest BCUT2D eigenvalue weighted by molar-refractivity contribution is -0.142. The van der Waals surface area contributed by atoms with Gasteiger partial charge in [-0.15, -0.1) is 0 Å². The van der Waals surface area contributed by atoms with Gasteiger partial charge in [0.05, 0.1) is 6.61 Å². The van der Waals surface area contributed by atoms with E-state index in [1.165, 1.54) is 0 Å². The first kappa shape index (κ1) is 15.1. The van der Waals surface area contributed by atoms with Crippen molar-refractivity contribution in [2.75, 3.05) is 6.61 Å². The van der Waals surface area contributed by atoms with Crippen molar-refractivity contribution in [3.63, 3.8) is 0 Å². The quantitative estimate of drug-likeness (QED) is 0.583. The van der Waals surface area contributed by atoms with Crippen LogP contribution in [0.3, 0.4) is 0 Å². The molecule has 0 aliphatic heterocycles. The molecule has 0 radical (unpaired) electrons. The summed E-state index contributed by atoms with van der Waals surface area (Å²) in [6.45, 7) is 2.09. The predicted octanol–water partition coefficient (Wildman–Crippen LogP) is 4.52. The Morgan fingerprint density at radius 3 is 2.35 bits per heavy atom. The maximum absolute atomic E-state index is 11.5. The molecule has 0 fully saturated rings. The van der Waals surface area contributed by atoms with Crippen molar-refractivity contribution < 1.29 is 9.53 Å². The van der Waals surface area contributed by atoms with Crippen molar-refractivity contribution in [1.29, 1.82) is 0 Å². The van der Waals surface area contributed by atoms with Gasteiger partial charge in [0.2, 0.25) is 0 Å². The zero-order valence-electron chi connectivity index (χ0n) is 8.97. The molecule has 2 nitrogen and oxygen atoms in total. The van der Waals surface area contributed by atoms with Crippen molar-refractivity contribution in [3.8, 4) is 0 Å². The number of rotatable bonds is 4. The lowest BCUT2D eigenvalue weighted by Crippen LogP contribution is -2.20. The van der Waals surface area contributed by atoms with E-state index >= 15 is 0 Å². The van der Waals surface area contributed by atoms with Gasteiger partial charge in [0.1, 0.15) is 4.83 Å². The molecule has 1 unspecified atom stereocenters. The second-order valence-corrected chi connectivity index (χ2v) is 5.63. The predicted molar refractivity (Wildman–Crippen MR) is 74.5 cm³/mol. The maximum atomic E-state index is 11.5. The fourth-order valence-electron chi connectivity index (χ4n) is 1.26. The molecule has 1 atom stereocenters. The molecule has 6 heteroatoms. The van der Waals surface area contributed by atoms with Gasteiger partial charge in [-0.05, 0) is 31.0 Å². The van der Waals surface area contributed by atoms with E-state index in [9.17, 15) is 4.79 Å². The van der Waals surface area contributed by atoms with Gasteiger partial charge in [0, 0.05) is 15.1 Å². The smallest absolute Gasteiger partial charge is 0.320 e. The molecule has 0 bridgehead atoms. The minimum atomic E-state index is -0.473. The summed E-state index contributed by atoms with van der Waals surface area (Å²) in [4.78, 5) is 11.0. The molecule has 0 spiro atoms. The van der Waals surface area contributed by atoms with E-state index in [0.29, 0.717) is 33.7 Å². The van der Waals surface area contributed by atoms with Gasteiger partial charge in [-0.2, -0.15) is 0 Å². The molecule has 0 saturated heterocycles. The van der Waals surface area contributed by atoms with Gasteiger partial charge >= 0.3 is 5.97 Å². The average molecular weight is 360 g/mol. The zero-order chi connectivity index (χ0) is 13.0. The van der Waals surface area contributed by atoms with Crippen LogP contribution in [0.4, 0.5) is 0 Å². The number of carbonyl (C=O) groups is 1. The first-order chi connectivity index (χ1) is 7.95. The Labute approximate surface area is 123 Å². The summed E-state index contributed by atoms with van der Waals surface area (Å²) >= 11 is 21.1. The van der Waals surface area contributed by atoms with Crippen molar-refractivity contribution in [1.82, 2.24) is 0 Å². The molecule has 0 aliphatic rings. The highest BCUT2D eigenvalue weighted by molar-refractivity contribution is 9.10. The standard InChI is InChI=1S/C11H10BrCl3O2/c1-2-17-11(16)8(12)5-7-9(14)3-6(13)4-10(7)15/h3-4,8H,2,5H2,1H3. The summed E-state index contributed by atoms with van der Waals surface area (Å²) in [7, 11) is 0. The summed E-state index contributed by atoms with van der Waals surface area (Å²) in [5, 5.41) is 1.35. The second kappa shape index (κ2) is 6.83. The van der Waals surface area contributed by atoms with E-state index in [4.69, 9.17) is 39.5 Å². The second-order valence-electron chi connectivity index (χ2n) is 3.27. The molecule has 0 aromatic heterocycles. The lowest BCUT2D eigenvalue weighted by Gasteiger charge is -2.12. The van der Waals surface area contributed by atoms with Crippen LogP contribution in [0.15, 0.2) is 12.1 Å². The number of halogens is 4. The van der Waals surface area contributed by atoms with Gasteiger partial charge in [-0.25, -0.2) is 0 Å². The van der Waals surface area contributed by atoms with E-state index < -0.39 is 4.83 Å². The van der Waals surface area contributed by atoms with Gasteiger partial charge in [-0.1, -0.05) is 50.7 Å². The third-order valence-electron chi connectivity index (χ3n) is 2.03. The van der Waals surface area contributed by atoms with Crippen molar-refractivity contribution in [3.05, 3.63) is 32.8 Å². The Hall–Kier alpha value is 0.0400. The monoisotopic (exact) mass is 358 g/mol. The summed E-state index contributed by atoms with van der Waals surface area (Å²) in [5.41, 5.74) is 0.674. The van der Waals surface area contributed by atoms with Crippen LogP contribution in [0.5, 0.6) is 0 Å². The van der Waals surface area contributed by atoms with E-state index in [1.54, 1.807) is 19.1 Å². The van der Waals surface area contributed by atoms with Crippen molar-refractivity contribution in [2.45, 2.75) is 18.2 Å². The first-order valence-electron chi connectivity index (χ1n) is 4.89. The van der Waals surface area contributed by atoms with Crippen LogP contribution in [0, 0.1) is 0 Å². The molecule has 0 aliphatic carbocycles. The number of alkyl halides is 1. The summed E-state index contributed by atoms with van der Waals surface area (Å²) in [5.74, 6) is -0.338. The Balaban J connectivity index is 2.85. The summed E-state index contributed by atoms with van der Waals surface area (Å²) in [6.07, 6.45) is 0.355. The normalized spacial score (nSPS) is 12.3. The molecule has 17 heavy (non-hydrogen) atoms. The molecule has 0 amide bonds. The van der Waals surface area contributed by atoms with Gasteiger partial charge in [-0.3, -0.25) is 4.79 Å². The van der Waals surface area contributed by atoms with Crippen LogP contribution in [0.1, 0.15) is 12.5 Å². The number of hydrogen-bond donors (Lipinski definition) is 0. The highest BCUT2D eigenvalue weighted by atomic mass is 79.9. The number of carbonyl (C=O) groups excluding carboxylic acids is 1. The largest absolute Gasteiger partial charge is 0.465 e. The first-order valence-corrected chi connectivity index (χ1v) is 6.94. The number of hydrogen-bond acceptors (Lipinski definition) is 2. The highest BCUT2D eigenvalue weighted by Crippen LogP contribution is 2.31. The third-order valence-corrected chi connectivity index (χ3v) is 3.62. The number of esters is 1. The van der Waals surface area contributed by atoms with E-state index in [2.05, 4.69) is 15.9 Å². The molecular formula is C11H10BrCl3O2. The van der Waals surface area contributed by atoms with Crippen molar-refractivity contribution >= 4 is 56.7 Å². The fourth-order valence-corrected chi connectivity index (χ4v) is 2.69. The maximum Gasteiger partial charge on any atom is 0.320 e. The van der Waals surface area contributed by atoms with Crippen LogP contribution in [-0.2, 0) is 16.0 Å². The SMILES string of the molecule is CCOC(=O)C(Br)Cc1c(Cl)cc(Cl)cc1Cl. The van der Waals surface area contributed by atoms with Crippen molar-refractivity contribution in [2.24, 2.45) is 0 Å². The fraction of sp³-hybridized carbons (Fsp3) is 0.364. The van der Waals surface area contributed by atoms with Crippen LogP contribution in [0.25, 0.3) is 0 Å². The lowest BCUT2D eigenvalue weighted by atomic mass is 10.1. The topological polar surface area (TPSA) is 26.3 Å². The minimum Gasteiger partial charge on any atom is -0.465 e. The number of benzene rings is 1. The zero-order valence-corrected chi connectivity index (χ0v) is 12.8. The Morgan fingerprint density at radius 1 is 1.35 bits per heavy atom. The minimum absolute atomic E-state index is 0.336. The molecule has 94 valence electrons. The van der Waals surface area contributed by atoms with Gasteiger partial charge < -0.3 is 4.74 Å². The Bertz CT molecular complexity index is 400. The molecule has 0 heterocycles. The summed E-state index contributed by atoms with van der Waals surface area (Å²) in [6, 6.07) is 3.18. The van der Waals surface area contributed by atoms with Crippen LogP contribution < -0.4 is 0 Å². The van der Waals surface area contributed by atoms with E-state index in [-0.39, 0.29) is 5.97 Å². The molecular weight excluding hydrogens is 350 g/mol. The summed E-state index contributed by atoms with van der Waals surface area (Å²) < 4.78 is 4.88. The van der Waals surface area contributed by atoms with Gasteiger partial charge in [0.15, 0.2) is 0 Å².